The molecule has 0 aliphatic heterocycles. The molecule has 1 saturated carbocycles. The molecule has 2 N–H and O–H groups in total. The largest absolute Gasteiger partial charge is 0.392 e. The second-order valence-corrected chi connectivity index (χ2v) is 5.18. The van der Waals surface area contributed by atoms with Gasteiger partial charge in [-0.3, -0.25) is 4.79 Å². The molecule has 0 spiro atoms. The van der Waals surface area contributed by atoms with E-state index in [2.05, 4.69) is 5.16 Å². The van der Waals surface area contributed by atoms with Crippen LogP contribution in [0, 0.1) is 6.92 Å². The van der Waals surface area contributed by atoms with Crippen LogP contribution in [-0.2, 0) is 0 Å². The lowest BCUT2D eigenvalue weighted by atomic mass is 10.2. The van der Waals surface area contributed by atoms with Crippen molar-refractivity contribution in [3.63, 3.8) is 0 Å². The van der Waals surface area contributed by atoms with Crippen molar-refractivity contribution in [2.45, 2.75) is 38.6 Å². The van der Waals surface area contributed by atoms with Crippen LogP contribution in [-0.4, -0.2) is 33.5 Å². The van der Waals surface area contributed by atoms with Crippen molar-refractivity contribution in [2.75, 3.05) is 6.54 Å². The maximum Gasteiger partial charge on any atom is 0.276 e. The number of rotatable bonds is 4. The molecular formula is C12H17N3O2S. The van der Waals surface area contributed by atoms with Crippen molar-refractivity contribution >= 4 is 23.1 Å². The maximum atomic E-state index is 12.4. The Morgan fingerprint density at radius 3 is 2.78 bits per heavy atom. The van der Waals surface area contributed by atoms with Crippen LogP contribution >= 0.6 is 12.2 Å². The van der Waals surface area contributed by atoms with Gasteiger partial charge in [-0.1, -0.05) is 30.2 Å². The molecule has 5 nitrogen and oxygen atoms in total. The number of hydrogen-bond donors (Lipinski definition) is 1. The molecule has 1 aliphatic rings. The van der Waals surface area contributed by atoms with Crippen molar-refractivity contribution in [1.82, 2.24) is 10.1 Å². The average molecular weight is 267 g/mol. The summed E-state index contributed by atoms with van der Waals surface area (Å²) in [6.45, 7) is 2.07. The van der Waals surface area contributed by atoms with Crippen LogP contribution in [0.4, 0.5) is 0 Å². The molecule has 0 radical (unpaired) electrons. The summed E-state index contributed by atoms with van der Waals surface area (Å²) in [6.07, 6.45) is 4.30. The normalized spacial score (nSPS) is 15.8. The fourth-order valence-electron chi connectivity index (χ4n) is 2.36. The number of amides is 1. The highest BCUT2D eigenvalue weighted by molar-refractivity contribution is 7.80. The molecule has 1 fully saturated rings. The van der Waals surface area contributed by atoms with Gasteiger partial charge in [-0.05, 0) is 19.8 Å². The van der Waals surface area contributed by atoms with Gasteiger partial charge in [0.05, 0.1) is 11.5 Å². The summed E-state index contributed by atoms with van der Waals surface area (Å²) in [4.78, 5) is 14.4. The number of hydrogen-bond acceptors (Lipinski definition) is 4. The van der Waals surface area contributed by atoms with E-state index in [1.54, 1.807) is 17.9 Å². The Morgan fingerprint density at radius 2 is 2.28 bits per heavy atom. The zero-order chi connectivity index (χ0) is 13.1. The van der Waals surface area contributed by atoms with Gasteiger partial charge in [0.1, 0.15) is 5.76 Å². The van der Waals surface area contributed by atoms with Crippen molar-refractivity contribution in [1.29, 1.82) is 0 Å². The molecular weight excluding hydrogens is 250 g/mol. The van der Waals surface area contributed by atoms with E-state index in [9.17, 15) is 4.79 Å². The fraction of sp³-hybridized carbons (Fsp3) is 0.583. The minimum absolute atomic E-state index is 0.147. The Hall–Kier alpha value is -1.43. The van der Waals surface area contributed by atoms with Crippen molar-refractivity contribution in [3.8, 4) is 0 Å². The third-order valence-corrected chi connectivity index (χ3v) is 3.33. The minimum atomic E-state index is -0.147. The van der Waals surface area contributed by atoms with E-state index in [0.717, 1.165) is 25.7 Å². The van der Waals surface area contributed by atoms with Gasteiger partial charge in [0.15, 0.2) is 5.69 Å². The average Bonchev–Trinajstić information content (AvgIpc) is 2.95. The summed E-state index contributed by atoms with van der Waals surface area (Å²) in [5.74, 6) is 0.478. The molecule has 1 aromatic rings. The van der Waals surface area contributed by atoms with E-state index in [-0.39, 0.29) is 11.9 Å². The molecule has 0 unspecified atom stereocenters. The highest BCUT2D eigenvalue weighted by Gasteiger charge is 2.29. The van der Waals surface area contributed by atoms with E-state index in [0.29, 0.717) is 23.0 Å². The van der Waals surface area contributed by atoms with Crippen molar-refractivity contribution in [3.05, 3.63) is 17.5 Å². The van der Waals surface area contributed by atoms with Gasteiger partial charge in [-0.25, -0.2) is 0 Å². The molecule has 0 aromatic carbocycles. The molecule has 1 heterocycles. The number of carbonyl (C=O) groups is 1. The van der Waals surface area contributed by atoms with Crippen LogP contribution in [0.3, 0.4) is 0 Å². The topological polar surface area (TPSA) is 72.4 Å². The van der Waals surface area contributed by atoms with Gasteiger partial charge in [0.25, 0.3) is 5.91 Å². The van der Waals surface area contributed by atoms with Crippen LogP contribution in [0.1, 0.15) is 41.9 Å². The lowest BCUT2D eigenvalue weighted by Gasteiger charge is -2.27. The quantitative estimate of drug-likeness (QED) is 0.840. The Labute approximate surface area is 111 Å². The zero-order valence-corrected chi connectivity index (χ0v) is 11.2. The van der Waals surface area contributed by atoms with E-state index in [1.165, 1.54) is 0 Å². The lowest BCUT2D eigenvalue weighted by Crippen LogP contribution is -2.43. The van der Waals surface area contributed by atoms with E-state index in [4.69, 9.17) is 22.5 Å². The molecule has 0 atom stereocenters. The van der Waals surface area contributed by atoms with Gasteiger partial charge < -0.3 is 15.2 Å². The Morgan fingerprint density at radius 1 is 1.61 bits per heavy atom. The van der Waals surface area contributed by atoms with Crippen LogP contribution in [0.25, 0.3) is 0 Å². The van der Waals surface area contributed by atoms with E-state index >= 15 is 0 Å². The first-order valence-electron chi connectivity index (χ1n) is 6.10. The third-order valence-electron chi connectivity index (χ3n) is 3.20. The summed E-state index contributed by atoms with van der Waals surface area (Å²) in [5, 5.41) is 3.76. The monoisotopic (exact) mass is 267 g/mol. The summed E-state index contributed by atoms with van der Waals surface area (Å²) >= 11 is 4.92. The number of aromatic nitrogens is 1. The number of nitrogens with zero attached hydrogens (tertiary/aromatic N) is 2. The highest BCUT2D eigenvalue weighted by atomic mass is 32.1. The van der Waals surface area contributed by atoms with Gasteiger partial charge in [0.2, 0.25) is 0 Å². The van der Waals surface area contributed by atoms with Crippen LogP contribution in [0.2, 0.25) is 0 Å². The first-order valence-corrected chi connectivity index (χ1v) is 6.51. The molecule has 1 aromatic heterocycles. The molecule has 0 saturated heterocycles. The number of nitrogens with two attached hydrogens (primary N) is 1. The van der Waals surface area contributed by atoms with Crippen LogP contribution in [0.5, 0.6) is 0 Å². The molecule has 1 aliphatic carbocycles. The summed E-state index contributed by atoms with van der Waals surface area (Å²) in [6, 6.07) is 1.86. The highest BCUT2D eigenvalue weighted by Crippen LogP contribution is 2.24. The molecule has 0 bridgehead atoms. The predicted molar refractivity (Wildman–Crippen MR) is 71.3 cm³/mol. The zero-order valence-electron chi connectivity index (χ0n) is 10.4. The smallest absolute Gasteiger partial charge is 0.276 e. The molecule has 2 rings (SSSR count). The van der Waals surface area contributed by atoms with Crippen LogP contribution in [0.15, 0.2) is 10.6 Å². The first-order chi connectivity index (χ1) is 8.58. The number of thiocarbonyl (C=S) groups is 1. The Kier molecular flexibility index (Phi) is 3.96. The minimum Gasteiger partial charge on any atom is -0.392 e. The fourth-order valence-corrected chi connectivity index (χ4v) is 2.50. The van der Waals surface area contributed by atoms with Crippen LogP contribution < -0.4 is 5.73 Å². The summed E-state index contributed by atoms with van der Waals surface area (Å²) in [7, 11) is 0. The Balaban J connectivity index is 2.17. The van der Waals surface area contributed by atoms with Gasteiger partial charge in [-0.15, -0.1) is 0 Å². The van der Waals surface area contributed by atoms with Crippen molar-refractivity contribution < 1.29 is 9.32 Å². The first kappa shape index (κ1) is 13.0. The number of aryl methyl sites for hydroxylation is 1. The number of carbonyl (C=O) groups excluding carboxylic acids is 1. The third kappa shape index (κ3) is 2.87. The second-order valence-electron chi connectivity index (χ2n) is 4.66. The standard InChI is InChI=1S/C12H17N3O2S/c1-8-6-10(14-17-8)12(16)15(7-11(13)18)9-4-2-3-5-9/h6,9H,2-5,7H2,1H3,(H2,13,18). The maximum absolute atomic E-state index is 12.4. The van der Waals surface area contributed by atoms with Gasteiger partial charge in [0, 0.05) is 12.1 Å². The molecule has 1 amide bonds. The SMILES string of the molecule is Cc1cc(C(=O)N(CC(N)=S)C2CCCC2)no1. The van der Waals surface area contributed by atoms with Gasteiger partial charge in [-0.2, -0.15) is 0 Å². The summed E-state index contributed by atoms with van der Waals surface area (Å²) < 4.78 is 4.94. The molecule has 6 heteroatoms. The lowest BCUT2D eigenvalue weighted by molar-refractivity contribution is 0.0704. The Bertz CT molecular complexity index is 452. The summed E-state index contributed by atoms with van der Waals surface area (Å²) in [5.41, 5.74) is 5.91. The predicted octanol–water partition coefficient (Wildman–Crippen LogP) is 1.65. The second kappa shape index (κ2) is 5.48. The van der Waals surface area contributed by atoms with Gasteiger partial charge >= 0.3 is 0 Å². The molecule has 18 heavy (non-hydrogen) atoms. The van der Waals surface area contributed by atoms with E-state index < -0.39 is 0 Å². The van der Waals surface area contributed by atoms with E-state index in [1.807, 2.05) is 0 Å². The van der Waals surface area contributed by atoms with Crippen molar-refractivity contribution in [2.24, 2.45) is 5.73 Å². The molecule has 98 valence electrons.